The second-order valence-corrected chi connectivity index (χ2v) is 4.59. The van der Waals surface area contributed by atoms with Gasteiger partial charge in [0.1, 0.15) is 6.04 Å². The molecule has 94 valence electrons. The average Bonchev–Trinajstić information content (AvgIpc) is 2.28. The average molecular weight is 235 g/mol. The number of rotatable bonds is 5. The van der Waals surface area contributed by atoms with Crippen molar-refractivity contribution < 1.29 is 4.79 Å². The summed E-state index contributed by atoms with van der Waals surface area (Å²) in [4.78, 5) is 11.7. The number of nitrogens with one attached hydrogen (secondary N) is 2. The first kappa shape index (κ1) is 13.4. The molecule has 0 aliphatic carbocycles. The minimum absolute atomic E-state index is 0.0121. The van der Waals surface area contributed by atoms with Crippen LogP contribution in [0.5, 0.6) is 0 Å². The van der Waals surface area contributed by atoms with Crippen LogP contribution in [0.1, 0.15) is 20.8 Å². The van der Waals surface area contributed by atoms with Crippen molar-refractivity contribution in [2.75, 3.05) is 17.6 Å². The molecule has 0 aromatic heterocycles. The van der Waals surface area contributed by atoms with Crippen LogP contribution >= 0.6 is 0 Å². The third kappa shape index (κ3) is 4.34. The zero-order valence-electron chi connectivity index (χ0n) is 10.7. The number of para-hydroxylation sites is 2. The highest BCUT2D eigenvalue weighted by Crippen LogP contribution is 2.17. The summed E-state index contributed by atoms with van der Waals surface area (Å²) in [5.74, 6) is 0.440. The monoisotopic (exact) mass is 235 g/mol. The SMILES string of the molecule is CC(C)CNC(=O)C(C)Nc1ccccc1N. The predicted molar refractivity (Wildman–Crippen MR) is 71.8 cm³/mol. The summed E-state index contributed by atoms with van der Waals surface area (Å²) in [7, 11) is 0. The number of nitrogen functional groups attached to an aromatic ring is 1. The number of anilines is 2. The number of hydrogen-bond donors (Lipinski definition) is 3. The van der Waals surface area contributed by atoms with Crippen molar-refractivity contribution in [3.8, 4) is 0 Å². The highest BCUT2D eigenvalue weighted by Gasteiger charge is 2.13. The molecule has 0 fully saturated rings. The molecule has 4 nitrogen and oxygen atoms in total. The maximum absolute atomic E-state index is 11.7. The Morgan fingerprint density at radius 2 is 1.94 bits per heavy atom. The predicted octanol–water partition coefficient (Wildman–Crippen LogP) is 1.84. The molecule has 0 saturated carbocycles. The summed E-state index contributed by atoms with van der Waals surface area (Å²) >= 11 is 0. The smallest absolute Gasteiger partial charge is 0.242 e. The third-order valence-electron chi connectivity index (χ3n) is 2.41. The number of nitrogens with two attached hydrogens (primary N) is 1. The Bertz CT molecular complexity index is 377. The van der Waals surface area contributed by atoms with Crippen LogP contribution in [-0.2, 0) is 4.79 Å². The zero-order valence-corrected chi connectivity index (χ0v) is 10.7. The Morgan fingerprint density at radius 1 is 1.29 bits per heavy atom. The van der Waals surface area contributed by atoms with Crippen LogP contribution in [0.15, 0.2) is 24.3 Å². The quantitative estimate of drug-likeness (QED) is 0.682. The lowest BCUT2D eigenvalue weighted by atomic mass is 10.2. The number of carbonyl (C=O) groups excluding carboxylic acids is 1. The third-order valence-corrected chi connectivity index (χ3v) is 2.41. The van der Waals surface area contributed by atoms with Gasteiger partial charge in [0.2, 0.25) is 5.91 Å². The van der Waals surface area contributed by atoms with E-state index in [1.165, 1.54) is 0 Å². The fourth-order valence-electron chi connectivity index (χ4n) is 1.39. The largest absolute Gasteiger partial charge is 0.397 e. The van der Waals surface area contributed by atoms with Gasteiger partial charge in [0, 0.05) is 6.54 Å². The second kappa shape index (κ2) is 6.13. The fraction of sp³-hybridized carbons (Fsp3) is 0.462. The summed E-state index contributed by atoms with van der Waals surface area (Å²) in [6, 6.07) is 7.13. The Labute approximate surface area is 103 Å². The van der Waals surface area contributed by atoms with Crippen LogP contribution in [0.4, 0.5) is 11.4 Å². The molecule has 0 spiro atoms. The molecule has 0 aliphatic heterocycles. The van der Waals surface area contributed by atoms with E-state index in [0.29, 0.717) is 18.2 Å². The first-order chi connectivity index (χ1) is 8.00. The van der Waals surface area contributed by atoms with E-state index >= 15 is 0 Å². The molecule has 4 N–H and O–H groups in total. The summed E-state index contributed by atoms with van der Waals surface area (Å²) in [6.07, 6.45) is 0. The highest BCUT2D eigenvalue weighted by molar-refractivity contribution is 5.85. The van der Waals surface area contributed by atoms with Gasteiger partial charge < -0.3 is 16.4 Å². The van der Waals surface area contributed by atoms with Gasteiger partial charge in [0.15, 0.2) is 0 Å². The first-order valence-electron chi connectivity index (χ1n) is 5.89. The minimum atomic E-state index is -0.293. The molecule has 4 heteroatoms. The van der Waals surface area contributed by atoms with Crippen molar-refractivity contribution in [2.24, 2.45) is 5.92 Å². The molecule has 0 heterocycles. The molecule has 17 heavy (non-hydrogen) atoms. The second-order valence-electron chi connectivity index (χ2n) is 4.59. The van der Waals surface area contributed by atoms with Crippen molar-refractivity contribution in [1.82, 2.24) is 5.32 Å². The highest BCUT2D eigenvalue weighted by atomic mass is 16.2. The Kier molecular flexibility index (Phi) is 4.82. The maximum Gasteiger partial charge on any atom is 0.242 e. The fourth-order valence-corrected chi connectivity index (χ4v) is 1.39. The Balaban J connectivity index is 2.51. The molecule has 0 saturated heterocycles. The van der Waals surface area contributed by atoms with E-state index in [0.717, 1.165) is 5.69 Å². The molecule has 0 radical (unpaired) electrons. The summed E-state index contributed by atoms with van der Waals surface area (Å²) in [5.41, 5.74) is 7.24. The van der Waals surface area contributed by atoms with Crippen molar-refractivity contribution in [2.45, 2.75) is 26.8 Å². The normalized spacial score (nSPS) is 12.2. The van der Waals surface area contributed by atoms with Gasteiger partial charge in [0.25, 0.3) is 0 Å². The van der Waals surface area contributed by atoms with E-state index in [9.17, 15) is 4.79 Å². The van der Waals surface area contributed by atoms with Crippen molar-refractivity contribution >= 4 is 17.3 Å². The molecule has 1 aromatic rings. The molecule has 1 rings (SSSR count). The van der Waals surface area contributed by atoms with Crippen LogP contribution in [0.3, 0.4) is 0 Å². The lowest BCUT2D eigenvalue weighted by Crippen LogP contribution is -2.39. The van der Waals surface area contributed by atoms with Gasteiger partial charge in [-0.15, -0.1) is 0 Å². The lowest BCUT2D eigenvalue weighted by molar-refractivity contribution is -0.121. The maximum atomic E-state index is 11.7. The lowest BCUT2D eigenvalue weighted by Gasteiger charge is -2.17. The first-order valence-corrected chi connectivity index (χ1v) is 5.89. The van der Waals surface area contributed by atoms with E-state index < -0.39 is 0 Å². The number of carbonyl (C=O) groups is 1. The van der Waals surface area contributed by atoms with Gasteiger partial charge in [-0.25, -0.2) is 0 Å². The molecule has 0 aliphatic rings. The Hall–Kier alpha value is -1.71. The van der Waals surface area contributed by atoms with E-state index in [1.54, 1.807) is 6.07 Å². The molecule has 0 bridgehead atoms. The van der Waals surface area contributed by atoms with Crippen molar-refractivity contribution in [3.05, 3.63) is 24.3 Å². The van der Waals surface area contributed by atoms with Crippen molar-refractivity contribution in [3.63, 3.8) is 0 Å². The van der Waals surface area contributed by atoms with E-state index in [4.69, 9.17) is 5.73 Å². The molecule has 1 atom stereocenters. The molecule has 1 amide bonds. The van der Waals surface area contributed by atoms with Gasteiger partial charge >= 0.3 is 0 Å². The standard InChI is InChI=1S/C13H21N3O/c1-9(2)8-15-13(17)10(3)16-12-7-5-4-6-11(12)14/h4-7,9-10,16H,8,14H2,1-3H3,(H,15,17). The number of hydrogen-bond acceptors (Lipinski definition) is 3. The van der Waals surface area contributed by atoms with E-state index in [-0.39, 0.29) is 11.9 Å². The minimum Gasteiger partial charge on any atom is -0.397 e. The van der Waals surface area contributed by atoms with Gasteiger partial charge in [-0.2, -0.15) is 0 Å². The number of amides is 1. The van der Waals surface area contributed by atoms with Crippen LogP contribution < -0.4 is 16.4 Å². The van der Waals surface area contributed by atoms with Crippen LogP contribution in [-0.4, -0.2) is 18.5 Å². The van der Waals surface area contributed by atoms with E-state index in [2.05, 4.69) is 24.5 Å². The van der Waals surface area contributed by atoms with Crippen LogP contribution in [0.2, 0.25) is 0 Å². The van der Waals surface area contributed by atoms with Gasteiger partial charge in [-0.3, -0.25) is 4.79 Å². The van der Waals surface area contributed by atoms with Gasteiger partial charge in [-0.1, -0.05) is 26.0 Å². The summed E-state index contributed by atoms with van der Waals surface area (Å²) in [5, 5.41) is 5.98. The van der Waals surface area contributed by atoms with E-state index in [1.807, 2.05) is 25.1 Å². The molecule has 1 unspecified atom stereocenters. The van der Waals surface area contributed by atoms with Gasteiger partial charge in [0.05, 0.1) is 11.4 Å². The molecular formula is C13H21N3O. The topological polar surface area (TPSA) is 67.2 Å². The van der Waals surface area contributed by atoms with Crippen LogP contribution in [0.25, 0.3) is 0 Å². The Morgan fingerprint density at radius 3 is 2.53 bits per heavy atom. The van der Waals surface area contributed by atoms with Crippen LogP contribution in [0, 0.1) is 5.92 Å². The summed E-state index contributed by atoms with van der Waals surface area (Å²) < 4.78 is 0. The van der Waals surface area contributed by atoms with Gasteiger partial charge in [-0.05, 0) is 25.0 Å². The zero-order chi connectivity index (χ0) is 12.8. The summed E-state index contributed by atoms with van der Waals surface area (Å²) in [6.45, 7) is 6.64. The molecular weight excluding hydrogens is 214 g/mol. The molecule has 1 aromatic carbocycles. The van der Waals surface area contributed by atoms with Crippen molar-refractivity contribution in [1.29, 1.82) is 0 Å². The number of benzene rings is 1.